The molecule has 0 saturated carbocycles. The Hall–Kier alpha value is -3.78. The van der Waals surface area contributed by atoms with Crippen molar-refractivity contribution in [3.8, 4) is 0 Å². The number of carboxylic acids is 1. The zero-order valence-electron chi connectivity index (χ0n) is 16.8. The van der Waals surface area contributed by atoms with E-state index in [1.54, 1.807) is 12.3 Å². The first-order chi connectivity index (χ1) is 15.0. The molecule has 3 N–H and O–H groups in total. The van der Waals surface area contributed by atoms with Crippen LogP contribution in [0.3, 0.4) is 0 Å². The molecule has 0 amide bonds. The average Bonchev–Trinajstić information content (AvgIpc) is 3.15. The topological polar surface area (TPSA) is 104 Å². The Morgan fingerprint density at radius 2 is 1.87 bits per heavy atom. The maximum atomic E-state index is 12.5. The van der Waals surface area contributed by atoms with E-state index in [0.29, 0.717) is 12.4 Å². The van der Waals surface area contributed by atoms with Crippen LogP contribution in [0.5, 0.6) is 0 Å². The highest BCUT2D eigenvalue weighted by molar-refractivity contribution is 5.88. The Morgan fingerprint density at radius 1 is 1.06 bits per heavy atom. The maximum absolute atomic E-state index is 12.5. The smallest absolute Gasteiger partial charge is 0.341 e. The number of nitrogens with two attached hydrogens (primary N) is 1. The van der Waals surface area contributed by atoms with Crippen molar-refractivity contribution in [3.63, 3.8) is 0 Å². The second-order valence-corrected chi connectivity index (χ2v) is 7.78. The molecule has 1 fully saturated rings. The van der Waals surface area contributed by atoms with E-state index in [1.165, 1.54) is 10.5 Å². The van der Waals surface area contributed by atoms with Gasteiger partial charge in [-0.15, -0.1) is 0 Å². The number of benzene rings is 1. The predicted octanol–water partition coefficient (Wildman–Crippen LogP) is 2.65. The number of fused-ring (bicyclic) bond motifs is 2. The summed E-state index contributed by atoms with van der Waals surface area (Å²) in [5.41, 5.74) is 8.51. The van der Waals surface area contributed by atoms with Gasteiger partial charge in [-0.25, -0.2) is 4.79 Å². The summed E-state index contributed by atoms with van der Waals surface area (Å²) in [7, 11) is 0. The minimum atomic E-state index is -1.20. The van der Waals surface area contributed by atoms with Crippen LogP contribution in [-0.2, 0) is 6.54 Å². The quantitative estimate of drug-likeness (QED) is 0.525. The number of aromatic nitrogens is 1. The SMILES string of the molecule is Nc1cc2cc(N3CCN(Cc4cc(C(=O)O)c(=O)n5ccccc45)CC3)ccc2o1. The molecule has 0 bridgehead atoms. The normalized spacial score (nSPS) is 15.0. The number of hydrogen-bond donors (Lipinski definition) is 2. The van der Waals surface area contributed by atoms with Gasteiger partial charge in [-0.1, -0.05) is 6.07 Å². The van der Waals surface area contributed by atoms with Gasteiger partial charge in [0.05, 0.1) is 5.52 Å². The van der Waals surface area contributed by atoms with Gasteiger partial charge >= 0.3 is 5.97 Å². The Kier molecular flexibility index (Phi) is 4.63. The molecule has 4 heterocycles. The summed E-state index contributed by atoms with van der Waals surface area (Å²) >= 11 is 0. The van der Waals surface area contributed by atoms with E-state index in [9.17, 15) is 14.7 Å². The number of hydrogen-bond acceptors (Lipinski definition) is 6. The molecule has 1 aliphatic heterocycles. The highest BCUT2D eigenvalue weighted by Crippen LogP contribution is 2.27. The van der Waals surface area contributed by atoms with Crippen molar-refractivity contribution in [2.24, 2.45) is 0 Å². The summed E-state index contributed by atoms with van der Waals surface area (Å²) in [6.45, 7) is 3.92. The van der Waals surface area contributed by atoms with Crippen LogP contribution in [0.4, 0.5) is 11.6 Å². The zero-order valence-corrected chi connectivity index (χ0v) is 16.8. The first-order valence-corrected chi connectivity index (χ1v) is 10.1. The summed E-state index contributed by atoms with van der Waals surface area (Å²) < 4.78 is 6.87. The standard InChI is InChI=1S/C23H22N4O4/c24-21-13-15-11-17(4-5-20(15)31-21)26-9-7-25(8-10-26)14-16-12-18(23(29)30)22(28)27-6-2-1-3-19(16)27/h1-6,11-13H,7-10,14,24H2,(H,29,30). The molecule has 5 rings (SSSR count). The molecule has 1 saturated heterocycles. The Balaban J connectivity index is 1.35. The summed E-state index contributed by atoms with van der Waals surface area (Å²) in [6.07, 6.45) is 1.62. The van der Waals surface area contributed by atoms with Crippen molar-refractivity contribution >= 4 is 34.0 Å². The molecule has 0 aliphatic carbocycles. The lowest BCUT2D eigenvalue weighted by molar-refractivity contribution is 0.0694. The average molecular weight is 418 g/mol. The van der Waals surface area contributed by atoms with Gasteiger partial charge in [0.25, 0.3) is 5.56 Å². The number of rotatable bonds is 4. The molecule has 31 heavy (non-hydrogen) atoms. The second kappa shape index (κ2) is 7.48. The van der Waals surface area contributed by atoms with Crippen LogP contribution in [0, 0.1) is 0 Å². The van der Waals surface area contributed by atoms with Gasteiger partial charge in [0.15, 0.2) is 5.88 Å². The molecule has 0 radical (unpaired) electrons. The number of carboxylic acid groups (broad SMARTS) is 1. The molecule has 0 unspecified atom stereocenters. The van der Waals surface area contributed by atoms with E-state index in [0.717, 1.165) is 53.9 Å². The number of piperazine rings is 1. The predicted molar refractivity (Wildman–Crippen MR) is 119 cm³/mol. The Bertz CT molecular complexity index is 1350. The third-order valence-electron chi connectivity index (χ3n) is 5.84. The fourth-order valence-electron chi connectivity index (χ4n) is 4.25. The highest BCUT2D eigenvalue weighted by atomic mass is 16.4. The van der Waals surface area contributed by atoms with Gasteiger partial charge in [0.1, 0.15) is 11.1 Å². The molecule has 3 aromatic heterocycles. The van der Waals surface area contributed by atoms with E-state index in [-0.39, 0.29) is 5.56 Å². The fraction of sp³-hybridized carbons (Fsp3) is 0.217. The minimum absolute atomic E-state index is 0.204. The van der Waals surface area contributed by atoms with Crippen LogP contribution in [0.25, 0.3) is 16.5 Å². The number of furan rings is 1. The van der Waals surface area contributed by atoms with Crippen LogP contribution in [-0.4, -0.2) is 46.6 Å². The number of carbonyl (C=O) groups is 1. The van der Waals surface area contributed by atoms with Gasteiger partial charge in [-0.3, -0.25) is 14.1 Å². The Morgan fingerprint density at radius 3 is 2.65 bits per heavy atom. The Labute approximate surface area is 177 Å². The van der Waals surface area contributed by atoms with Crippen molar-refractivity contribution in [1.29, 1.82) is 0 Å². The van der Waals surface area contributed by atoms with Crippen molar-refractivity contribution < 1.29 is 14.3 Å². The first-order valence-electron chi connectivity index (χ1n) is 10.1. The van der Waals surface area contributed by atoms with Gasteiger partial charge < -0.3 is 20.2 Å². The molecule has 8 nitrogen and oxygen atoms in total. The summed E-state index contributed by atoms with van der Waals surface area (Å²) in [4.78, 5) is 28.6. The van der Waals surface area contributed by atoms with E-state index >= 15 is 0 Å². The van der Waals surface area contributed by atoms with Gasteiger partial charge in [0, 0.05) is 56.1 Å². The molecule has 0 spiro atoms. The number of anilines is 2. The van der Waals surface area contributed by atoms with E-state index in [4.69, 9.17) is 10.2 Å². The first kappa shape index (κ1) is 19.2. The lowest BCUT2D eigenvalue weighted by atomic mass is 10.1. The van der Waals surface area contributed by atoms with Gasteiger partial charge in [0.2, 0.25) is 0 Å². The molecule has 158 valence electrons. The molecule has 4 aromatic rings. The van der Waals surface area contributed by atoms with E-state index in [1.807, 2.05) is 30.3 Å². The van der Waals surface area contributed by atoms with Crippen molar-refractivity contribution in [2.45, 2.75) is 6.54 Å². The monoisotopic (exact) mass is 418 g/mol. The van der Waals surface area contributed by atoms with Crippen molar-refractivity contribution in [2.75, 3.05) is 36.8 Å². The van der Waals surface area contributed by atoms with Crippen LogP contribution >= 0.6 is 0 Å². The van der Waals surface area contributed by atoms with Crippen LogP contribution in [0.2, 0.25) is 0 Å². The van der Waals surface area contributed by atoms with Gasteiger partial charge in [-0.05, 0) is 42.0 Å². The zero-order chi connectivity index (χ0) is 21.5. The summed E-state index contributed by atoms with van der Waals surface area (Å²) in [5, 5.41) is 10.4. The second-order valence-electron chi connectivity index (χ2n) is 7.78. The van der Waals surface area contributed by atoms with Gasteiger partial charge in [-0.2, -0.15) is 0 Å². The molecule has 8 heteroatoms. The minimum Gasteiger partial charge on any atom is -0.477 e. The number of aromatic carboxylic acids is 1. The summed E-state index contributed by atoms with van der Waals surface area (Å²) in [6, 6.07) is 14.8. The van der Waals surface area contributed by atoms with Crippen LogP contribution < -0.4 is 16.2 Å². The molecule has 1 aromatic carbocycles. The largest absolute Gasteiger partial charge is 0.477 e. The van der Waals surface area contributed by atoms with Crippen LogP contribution in [0.15, 0.2) is 63.9 Å². The fourth-order valence-corrected chi connectivity index (χ4v) is 4.25. The molecular formula is C23H22N4O4. The van der Waals surface area contributed by atoms with E-state index in [2.05, 4.69) is 15.9 Å². The number of pyridine rings is 2. The molecular weight excluding hydrogens is 396 g/mol. The third-order valence-corrected chi connectivity index (χ3v) is 5.84. The maximum Gasteiger partial charge on any atom is 0.341 e. The lowest BCUT2D eigenvalue weighted by Crippen LogP contribution is -2.46. The highest BCUT2D eigenvalue weighted by Gasteiger charge is 2.21. The number of nitrogen functional groups attached to an aromatic ring is 1. The van der Waals surface area contributed by atoms with E-state index < -0.39 is 11.5 Å². The lowest BCUT2D eigenvalue weighted by Gasteiger charge is -2.36. The summed E-state index contributed by atoms with van der Waals surface area (Å²) in [5.74, 6) is -0.795. The number of nitrogens with zero attached hydrogens (tertiary/aromatic N) is 3. The molecule has 1 aliphatic rings. The van der Waals surface area contributed by atoms with Crippen molar-refractivity contribution in [1.82, 2.24) is 9.30 Å². The van der Waals surface area contributed by atoms with Crippen LogP contribution in [0.1, 0.15) is 15.9 Å². The van der Waals surface area contributed by atoms with Crippen molar-refractivity contribution in [3.05, 3.63) is 76.2 Å². The molecule has 0 atom stereocenters. The third kappa shape index (κ3) is 3.51.